The van der Waals surface area contributed by atoms with Crippen molar-refractivity contribution in [3.8, 4) is 0 Å². The lowest BCUT2D eigenvalue weighted by Gasteiger charge is -2.32. The van der Waals surface area contributed by atoms with Gasteiger partial charge >= 0.3 is 6.09 Å². The van der Waals surface area contributed by atoms with Crippen LogP contribution in [0, 0.1) is 0 Å². The molecule has 6 heteroatoms. The summed E-state index contributed by atoms with van der Waals surface area (Å²) < 4.78 is 5.26. The zero-order valence-electron chi connectivity index (χ0n) is 13.6. The highest BCUT2D eigenvalue weighted by Crippen LogP contribution is 2.20. The van der Waals surface area contributed by atoms with Crippen LogP contribution >= 0.6 is 0 Å². The van der Waals surface area contributed by atoms with E-state index in [9.17, 15) is 9.59 Å². The number of carbonyl (C=O) groups excluding carboxylic acids is 2. The SMILES string of the molecule is CC(CC(N)=O)NC1CCC(NC(=O)OC(C)(C)C)CC1. The van der Waals surface area contributed by atoms with Crippen LogP contribution in [0.25, 0.3) is 0 Å². The van der Waals surface area contributed by atoms with Crippen molar-refractivity contribution in [1.29, 1.82) is 0 Å². The van der Waals surface area contributed by atoms with Crippen LogP contribution in [0.1, 0.15) is 59.8 Å². The molecular weight excluding hydrogens is 270 g/mol. The van der Waals surface area contributed by atoms with Crippen molar-refractivity contribution in [3.63, 3.8) is 0 Å². The van der Waals surface area contributed by atoms with E-state index in [0.29, 0.717) is 12.5 Å². The van der Waals surface area contributed by atoms with Gasteiger partial charge in [0.1, 0.15) is 5.60 Å². The number of nitrogens with one attached hydrogen (secondary N) is 2. The Morgan fingerprint density at radius 3 is 2.19 bits per heavy atom. The van der Waals surface area contributed by atoms with Gasteiger partial charge in [-0.05, 0) is 53.4 Å². The highest BCUT2D eigenvalue weighted by Gasteiger charge is 2.25. The lowest BCUT2D eigenvalue weighted by Crippen LogP contribution is -2.46. The lowest BCUT2D eigenvalue weighted by molar-refractivity contribution is -0.118. The molecule has 0 aromatic carbocycles. The van der Waals surface area contributed by atoms with Gasteiger partial charge in [0.25, 0.3) is 0 Å². The molecule has 2 amide bonds. The minimum atomic E-state index is -0.465. The number of rotatable bonds is 5. The molecule has 1 atom stereocenters. The van der Waals surface area contributed by atoms with Gasteiger partial charge in [0.2, 0.25) is 5.91 Å². The van der Waals surface area contributed by atoms with E-state index in [-0.39, 0.29) is 24.1 Å². The number of amides is 2. The molecule has 1 aliphatic carbocycles. The highest BCUT2D eigenvalue weighted by atomic mass is 16.6. The zero-order valence-corrected chi connectivity index (χ0v) is 13.6. The van der Waals surface area contributed by atoms with E-state index in [1.807, 2.05) is 27.7 Å². The molecule has 0 saturated heterocycles. The quantitative estimate of drug-likeness (QED) is 0.720. The van der Waals surface area contributed by atoms with Crippen molar-refractivity contribution < 1.29 is 14.3 Å². The van der Waals surface area contributed by atoms with Crippen molar-refractivity contribution in [2.75, 3.05) is 0 Å². The Kier molecular flexibility index (Phi) is 6.45. The first-order valence-corrected chi connectivity index (χ1v) is 7.69. The molecule has 1 unspecified atom stereocenters. The average Bonchev–Trinajstić information content (AvgIpc) is 2.27. The van der Waals surface area contributed by atoms with E-state index in [1.54, 1.807) is 0 Å². The van der Waals surface area contributed by atoms with Crippen LogP contribution < -0.4 is 16.4 Å². The van der Waals surface area contributed by atoms with Crippen molar-refractivity contribution in [2.45, 2.75) is 83.5 Å². The van der Waals surface area contributed by atoms with Gasteiger partial charge in [0.15, 0.2) is 0 Å². The van der Waals surface area contributed by atoms with Gasteiger partial charge in [-0.2, -0.15) is 0 Å². The molecular formula is C15H29N3O3. The monoisotopic (exact) mass is 299 g/mol. The van der Waals surface area contributed by atoms with E-state index in [4.69, 9.17) is 10.5 Å². The molecule has 0 radical (unpaired) electrons. The molecule has 1 aliphatic rings. The second-order valence-electron chi connectivity index (χ2n) is 6.93. The Balaban J connectivity index is 2.26. The van der Waals surface area contributed by atoms with Crippen LogP contribution in [-0.2, 0) is 9.53 Å². The maximum Gasteiger partial charge on any atom is 0.407 e. The third-order valence-corrected chi connectivity index (χ3v) is 3.48. The number of ether oxygens (including phenoxy) is 1. The van der Waals surface area contributed by atoms with Crippen molar-refractivity contribution in [2.24, 2.45) is 5.73 Å². The molecule has 21 heavy (non-hydrogen) atoms. The zero-order chi connectivity index (χ0) is 16.0. The first kappa shape index (κ1) is 17.8. The van der Waals surface area contributed by atoms with Gasteiger partial charge in [-0.1, -0.05) is 0 Å². The van der Waals surface area contributed by atoms with Crippen LogP contribution in [0.5, 0.6) is 0 Å². The summed E-state index contributed by atoms with van der Waals surface area (Å²) in [6.45, 7) is 7.53. The van der Waals surface area contributed by atoms with E-state index < -0.39 is 5.60 Å². The number of primary amides is 1. The maximum absolute atomic E-state index is 11.7. The Labute approximate surface area is 127 Å². The summed E-state index contributed by atoms with van der Waals surface area (Å²) in [7, 11) is 0. The van der Waals surface area contributed by atoms with Crippen LogP contribution in [0.2, 0.25) is 0 Å². The standard InChI is InChI=1S/C15H29N3O3/c1-10(9-13(16)19)17-11-5-7-12(8-6-11)18-14(20)21-15(2,3)4/h10-12,17H,5-9H2,1-4H3,(H2,16,19)(H,18,20). The maximum atomic E-state index is 11.7. The summed E-state index contributed by atoms with van der Waals surface area (Å²) in [6, 6.07) is 0.656. The Bertz CT molecular complexity index is 358. The second kappa shape index (κ2) is 7.64. The summed E-state index contributed by atoms with van der Waals surface area (Å²) in [5.41, 5.74) is 4.72. The molecule has 1 fully saturated rings. The van der Waals surface area contributed by atoms with Gasteiger partial charge in [-0.3, -0.25) is 4.79 Å². The molecule has 0 bridgehead atoms. The third-order valence-electron chi connectivity index (χ3n) is 3.48. The fourth-order valence-corrected chi connectivity index (χ4v) is 2.64. The molecule has 0 spiro atoms. The van der Waals surface area contributed by atoms with Crippen molar-refractivity contribution >= 4 is 12.0 Å². The summed E-state index contributed by atoms with van der Waals surface area (Å²) >= 11 is 0. The number of nitrogens with two attached hydrogens (primary N) is 1. The van der Waals surface area contributed by atoms with Gasteiger partial charge < -0.3 is 21.1 Å². The third kappa shape index (κ3) is 7.90. The predicted octanol–water partition coefficient (Wildman–Crippen LogP) is 1.68. The van der Waals surface area contributed by atoms with Crippen LogP contribution in [0.4, 0.5) is 4.79 Å². The molecule has 122 valence electrons. The minimum Gasteiger partial charge on any atom is -0.444 e. The number of alkyl carbamates (subject to hydrolysis) is 1. The Hall–Kier alpha value is -1.30. The van der Waals surface area contributed by atoms with Crippen molar-refractivity contribution in [3.05, 3.63) is 0 Å². The normalized spacial score (nSPS) is 24.2. The largest absolute Gasteiger partial charge is 0.444 e. The second-order valence-corrected chi connectivity index (χ2v) is 6.93. The lowest BCUT2D eigenvalue weighted by atomic mass is 9.90. The van der Waals surface area contributed by atoms with E-state index in [2.05, 4.69) is 10.6 Å². The number of hydrogen-bond donors (Lipinski definition) is 3. The summed E-state index contributed by atoms with van der Waals surface area (Å²) in [5.74, 6) is -0.282. The molecule has 6 nitrogen and oxygen atoms in total. The minimum absolute atomic E-state index is 0.0999. The van der Waals surface area contributed by atoms with Crippen LogP contribution in [-0.4, -0.2) is 35.7 Å². The average molecular weight is 299 g/mol. The molecule has 0 aliphatic heterocycles. The predicted molar refractivity (Wildman–Crippen MR) is 81.8 cm³/mol. The molecule has 1 rings (SSSR count). The highest BCUT2D eigenvalue weighted by molar-refractivity contribution is 5.74. The van der Waals surface area contributed by atoms with Crippen LogP contribution in [0.3, 0.4) is 0 Å². The Morgan fingerprint density at radius 2 is 1.71 bits per heavy atom. The van der Waals surface area contributed by atoms with Gasteiger partial charge in [-0.25, -0.2) is 4.79 Å². The van der Waals surface area contributed by atoms with E-state index in [1.165, 1.54) is 0 Å². The molecule has 0 aromatic heterocycles. The Morgan fingerprint density at radius 1 is 1.19 bits per heavy atom. The van der Waals surface area contributed by atoms with E-state index in [0.717, 1.165) is 25.7 Å². The molecule has 0 heterocycles. The first-order chi connectivity index (χ1) is 9.65. The summed E-state index contributed by atoms with van der Waals surface area (Å²) in [6.07, 6.45) is 3.80. The van der Waals surface area contributed by atoms with E-state index >= 15 is 0 Å². The molecule has 4 N–H and O–H groups in total. The topological polar surface area (TPSA) is 93.5 Å². The number of carbonyl (C=O) groups is 2. The first-order valence-electron chi connectivity index (χ1n) is 7.69. The smallest absolute Gasteiger partial charge is 0.407 e. The van der Waals surface area contributed by atoms with Gasteiger partial charge in [0, 0.05) is 24.5 Å². The molecule has 1 saturated carbocycles. The van der Waals surface area contributed by atoms with Gasteiger partial charge in [-0.15, -0.1) is 0 Å². The summed E-state index contributed by atoms with van der Waals surface area (Å²) in [5, 5.41) is 6.34. The van der Waals surface area contributed by atoms with Crippen molar-refractivity contribution in [1.82, 2.24) is 10.6 Å². The number of hydrogen-bond acceptors (Lipinski definition) is 4. The van der Waals surface area contributed by atoms with Gasteiger partial charge in [0.05, 0.1) is 0 Å². The summed E-state index contributed by atoms with van der Waals surface area (Å²) in [4.78, 5) is 22.6. The molecule has 0 aromatic rings. The fraction of sp³-hybridized carbons (Fsp3) is 0.867. The fourth-order valence-electron chi connectivity index (χ4n) is 2.64. The van der Waals surface area contributed by atoms with Crippen LogP contribution in [0.15, 0.2) is 0 Å².